The van der Waals surface area contributed by atoms with Gasteiger partial charge in [-0.3, -0.25) is 4.79 Å². The van der Waals surface area contributed by atoms with Crippen LogP contribution in [0, 0.1) is 5.92 Å². The average Bonchev–Trinajstić information content (AvgIpc) is 2.43. The van der Waals surface area contributed by atoms with Gasteiger partial charge < -0.3 is 11.1 Å². The maximum Gasteiger partial charge on any atom is 0.288 e. The number of carbonyl (C=O) groups is 1. The molecule has 2 unspecified atom stereocenters. The SMILES string of the molecule is NC1CCCCC1CC(=O)Nc1ccccc1SC(F)F. The van der Waals surface area contributed by atoms with Gasteiger partial charge in [0.05, 0.1) is 5.69 Å². The Labute approximate surface area is 127 Å². The first-order valence-corrected chi connectivity index (χ1v) is 8.03. The van der Waals surface area contributed by atoms with E-state index in [1.165, 1.54) is 0 Å². The predicted molar refractivity (Wildman–Crippen MR) is 81.5 cm³/mol. The lowest BCUT2D eigenvalue weighted by Gasteiger charge is -2.28. The molecule has 0 radical (unpaired) electrons. The molecule has 0 spiro atoms. The van der Waals surface area contributed by atoms with Gasteiger partial charge in [0.1, 0.15) is 0 Å². The maximum atomic E-state index is 12.5. The summed E-state index contributed by atoms with van der Waals surface area (Å²) in [5, 5.41) is 2.74. The summed E-state index contributed by atoms with van der Waals surface area (Å²) < 4.78 is 25.0. The van der Waals surface area contributed by atoms with Crippen molar-refractivity contribution in [3.8, 4) is 0 Å². The molecule has 0 aromatic heterocycles. The molecule has 0 saturated heterocycles. The first-order valence-electron chi connectivity index (χ1n) is 7.15. The molecule has 1 saturated carbocycles. The molecule has 6 heteroatoms. The van der Waals surface area contributed by atoms with Gasteiger partial charge in [-0.05, 0) is 30.9 Å². The van der Waals surface area contributed by atoms with E-state index in [-0.39, 0.29) is 17.9 Å². The number of nitrogens with two attached hydrogens (primary N) is 1. The number of hydrogen-bond acceptors (Lipinski definition) is 3. The number of carbonyl (C=O) groups excluding carboxylic acids is 1. The fraction of sp³-hybridized carbons (Fsp3) is 0.533. The van der Waals surface area contributed by atoms with Gasteiger partial charge in [0.25, 0.3) is 5.76 Å². The van der Waals surface area contributed by atoms with E-state index in [1.807, 2.05) is 0 Å². The van der Waals surface area contributed by atoms with E-state index in [0.717, 1.165) is 25.7 Å². The molecule has 1 fully saturated rings. The number of anilines is 1. The number of benzene rings is 1. The van der Waals surface area contributed by atoms with Crippen molar-refractivity contribution in [2.45, 2.75) is 48.8 Å². The van der Waals surface area contributed by atoms with Crippen molar-refractivity contribution >= 4 is 23.4 Å². The third-order valence-corrected chi connectivity index (χ3v) is 4.58. The second-order valence-electron chi connectivity index (χ2n) is 5.34. The van der Waals surface area contributed by atoms with Crippen LogP contribution in [0.15, 0.2) is 29.2 Å². The highest BCUT2D eigenvalue weighted by molar-refractivity contribution is 7.99. The molecule has 21 heavy (non-hydrogen) atoms. The smallest absolute Gasteiger partial charge is 0.288 e. The number of thioether (sulfide) groups is 1. The molecule has 0 aliphatic heterocycles. The highest BCUT2D eigenvalue weighted by atomic mass is 32.2. The van der Waals surface area contributed by atoms with E-state index in [0.29, 0.717) is 28.8 Å². The minimum atomic E-state index is -2.50. The van der Waals surface area contributed by atoms with Crippen LogP contribution in [0.2, 0.25) is 0 Å². The molecule has 1 aromatic carbocycles. The summed E-state index contributed by atoms with van der Waals surface area (Å²) in [5.74, 6) is -2.47. The molecule has 1 amide bonds. The summed E-state index contributed by atoms with van der Waals surface area (Å²) in [4.78, 5) is 12.5. The fourth-order valence-electron chi connectivity index (χ4n) is 2.70. The van der Waals surface area contributed by atoms with Crippen LogP contribution in [0.5, 0.6) is 0 Å². The van der Waals surface area contributed by atoms with Crippen molar-refractivity contribution in [1.82, 2.24) is 0 Å². The van der Waals surface area contributed by atoms with E-state index in [1.54, 1.807) is 24.3 Å². The molecule has 0 heterocycles. The van der Waals surface area contributed by atoms with Gasteiger partial charge in [0, 0.05) is 17.4 Å². The molecular formula is C15H20F2N2OS. The number of para-hydroxylation sites is 1. The van der Waals surface area contributed by atoms with Crippen LogP contribution in [0.1, 0.15) is 32.1 Å². The zero-order valence-corrected chi connectivity index (χ0v) is 12.5. The van der Waals surface area contributed by atoms with Gasteiger partial charge >= 0.3 is 0 Å². The molecule has 0 bridgehead atoms. The minimum absolute atomic E-state index is 0.0650. The van der Waals surface area contributed by atoms with Crippen molar-refractivity contribution in [3.63, 3.8) is 0 Å². The van der Waals surface area contributed by atoms with Gasteiger partial charge in [0.2, 0.25) is 5.91 Å². The molecule has 2 rings (SSSR count). The summed E-state index contributed by atoms with van der Waals surface area (Å²) in [6.45, 7) is 0. The van der Waals surface area contributed by atoms with Crippen LogP contribution < -0.4 is 11.1 Å². The zero-order valence-electron chi connectivity index (χ0n) is 11.7. The maximum absolute atomic E-state index is 12.5. The van der Waals surface area contributed by atoms with E-state index in [4.69, 9.17) is 5.73 Å². The molecule has 1 aliphatic carbocycles. The number of rotatable bonds is 5. The number of hydrogen-bond donors (Lipinski definition) is 2. The second-order valence-corrected chi connectivity index (χ2v) is 6.37. The van der Waals surface area contributed by atoms with Gasteiger partial charge in [-0.1, -0.05) is 36.7 Å². The van der Waals surface area contributed by atoms with Crippen molar-refractivity contribution in [1.29, 1.82) is 0 Å². The molecular weight excluding hydrogens is 294 g/mol. The van der Waals surface area contributed by atoms with Gasteiger partial charge in [-0.2, -0.15) is 8.78 Å². The molecule has 1 aromatic rings. The Hall–Kier alpha value is -1.14. The standard InChI is InChI=1S/C15H20F2N2OS/c16-15(17)21-13-8-4-3-7-12(13)19-14(20)9-10-5-1-2-6-11(10)18/h3-4,7-8,10-11,15H,1-2,5-6,9,18H2,(H,19,20). The van der Waals surface area contributed by atoms with Crippen LogP contribution in [-0.2, 0) is 4.79 Å². The lowest BCUT2D eigenvalue weighted by molar-refractivity contribution is -0.117. The molecule has 1 aliphatic rings. The predicted octanol–water partition coefficient (Wildman–Crippen LogP) is 3.85. The second kappa shape index (κ2) is 7.75. The van der Waals surface area contributed by atoms with Gasteiger partial charge in [-0.25, -0.2) is 0 Å². The number of alkyl halides is 2. The highest BCUT2D eigenvalue weighted by Gasteiger charge is 2.24. The van der Waals surface area contributed by atoms with E-state index < -0.39 is 5.76 Å². The normalized spacial score (nSPS) is 22.3. The average molecular weight is 314 g/mol. The summed E-state index contributed by atoms with van der Waals surface area (Å²) >= 11 is 0.441. The van der Waals surface area contributed by atoms with Crippen LogP contribution in [0.3, 0.4) is 0 Å². The van der Waals surface area contributed by atoms with Crippen LogP contribution in [-0.4, -0.2) is 17.7 Å². The Balaban J connectivity index is 1.96. The zero-order chi connectivity index (χ0) is 15.2. The first kappa shape index (κ1) is 16.2. The van der Waals surface area contributed by atoms with E-state index >= 15 is 0 Å². The lowest BCUT2D eigenvalue weighted by atomic mass is 9.83. The summed E-state index contributed by atoms with van der Waals surface area (Å²) in [6.07, 6.45) is 4.49. The van der Waals surface area contributed by atoms with E-state index in [9.17, 15) is 13.6 Å². The molecule has 3 N–H and O–H groups in total. The third-order valence-electron chi connectivity index (χ3n) is 3.79. The Kier molecular flexibility index (Phi) is 5.99. The Morgan fingerprint density at radius 3 is 2.76 bits per heavy atom. The monoisotopic (exact) mass is 314 g/mol. The quantitative estimate of drug-likeness (QED) is 0.812. The number of halogens is 2. The largest absolute Gasteiger partial charge is 0.327 e. The van der Waals surface area contributed by atoms with Crippen molar-refractivity contribution in [3.05, 3.63) is 24.3 Å². The fourth-order valence-corrected chi connectivity index (χ4v) is 3.29. The number of nitrogens with one attached hydrogen (secondary N) is 1. The Morgan fingerprint density at radius 1 is 1.33 bits per heavy atom. The Bertz CT molecular complexity index is 484. The van der Waals surface area contributed by atoms with Crippen LogP contribution in [0.25, 0.3) is 0 Å². The van der Waals surface area contributed by atoms with Crippen molar-refractivity contribution < 1.29 is 13.6 Å². The van der Waals surface area contributed by atoms with Gasteiger partial charge in [-0.15, -0.1) is 0 Å². The van der Waals surface area contributed by atoms with Crippen LogP contribution in [0.4, 0.5) is 14.5 Å². The van der Waals surface area contributed by atoms with Crippen molar-refractivity contribution in [2.24, 2.45) is 11.7 Å². The highest BCUT2D eigenvalue weighted by Crippen LogP contribution is 2.32. The summed E-state index contributed by atoms with van der Waals surface area (Å²) in [6, 6.07) is 6.69. The van der Waals surface area contributed by atoms with Crippen LogP contribution >= 0.6 is 11.8 Å². The first-order chi connectivity index (χ1) is 10.1. The van der Waals surface area contributed by atoms with E-state index in [2.05, 4.69) is 5.32 Å². The molecule has 2 atom stereocenters. The molecule has 3 nitrogen and oxygen atoms in total. The minimum Gasteiger partial charge on any atom is -0.327 e. The summed E-state index contributed by atoms with van der Waals surface area (Å²) in [7, 11) is 0. The lowest BCUT2D eigenvalue weighted by Crippen LogP contribution is -2.35. The van der Waals surface area contributed by atoms with Gasteiger partial charge in [0.15, 0.2) is 0 Å². The number of amides is 1. The third kappa shape index (κ3) is 4.97. The Morgan fingerprint density at radius 2 is 2.05 bits per heavy atom. The van der Waals surface area contributed by atoms with Crippen molar-refractivity contribution in [2.75, 3.05) is 5.32 Å². The summed E-state index contributed by atoms with van der Waals surface area (Å²) in [5.41, 5.74) is 6.48. The molecule has 116 valence electrons. The topological polar surface area (TPSA) is 55.1 Å².